The van der Waals surface area contributed by atoms with Gasteiger partial charge in [-0.2, -0.15) is 0 Å². The Bertz CT molecular complexity index is 1430. The molecular formula is C30H30Cl2N2O5S. The molecule has 1 fully saturated rings. The van der Waals surface area contributed by atoms with Gasteiger partial charge in [0.15, 0.2) is 16.6 Å². The lowest BCUT2D eigenvalue weighted by Crippen LogP contribution is -2.32. The maximum absolute atomic E-state index is 13.2. The molecule has 1 aliphatic heterocycles. The van der Waals surface area contributed by atoms with Crippen molar-refractivity contribution in [3.05, 3.63) is 87.0 Å². The van der Waals surface area contributed by atoms with Gasteiger partial charge < -0.3 is 24.3 Å². The third-order valence-electron chi connectivity index (χ3n) is 6.09. The SMILES string of the molecule is CCOc1ccc(CCN2C(=O)/C(=C\c3ccc(OC)c(COc4ccc(Cl)cc4Cl)c3)NC2=S)cc1OCC. The summed E-state index contributed by atoms with van der Waals surface area (Å²) in [6.07, 6.45) is 2.36. The van der Waals surface area contributed by atoms with Gasteiger partial charge in [0.05, 0.1) is 25.3 Å². The van der Waals surface area contributed by atoms with Gasteiger partial charge in [0, 0.05) is 17.1 Å². The molecule has 210 valence electrons. The lowest BCUT2D eigenvalue weighted by molar-refractivity contribution is -0.122. The number of hydrogen-bond donors (Lipinski definition) is 1. The predicted octanol–water partition coefficient (Wildman–Crippen LogP) is 6.68. The number of nitrogens with one attached hydrogen (secondary N) is 1. The van der Waals surface area contributed by atoms with Crippen LogP contribution in [-0.2, 0) is 17.8 Å². The van der Waals surface area contributed by atoms with Crippen molar-refractivity contribution in [2.75, 3.05) is 26.9 Å². The molecule has 3 aromatic carbocycles. The summed E-state index contributed by atoms with van der Waals surface area (Å²) in [5.74, 6) is 2.35. The Balaban J connectivity index is 1.45. The Hall–Kier alpha value is -3.46. The number of ether oxygens (including phenoxy) is 4. The predicted molar refractivity (Wildman–Crippen MR) is 162 cm³/mol. The van der Waals surface area contributed by atoms with Crippen molar-refractivity contribution in [3.8, 4) is 23.0 Å². The number of benzene rings is 3. The highest BCUT2D eigenvalue weighted by atomic mass is 35.5. The van der Waals surface area contributed by atoms with Crippen LogP contribution >= 0.6 is 35.4 Å². The van der Waals surface area contributed by atoms with Crippen molar-refractivity contribution >= 4 is 52.5 Å². The molecule has 40 heavy (non-hydrogen) atoms. The van der Waals surface area contributed by atoms with E-state index in [-0.39, 0.29) is 12.5 Å². The van der Waals surface area contributed by atoms with Gasteiger partial charge in [-0.15, -0.1) is 0 Å². The number of amides is 1. The second-order valence-electron chi connectivity index (χ2n) is 8.78. The van der Waals surface area contributed by atoms with Crippen LogP contribution in [-0.4, -0.2) is 42.8 Å². The van der Waals surface area contributed by atoms with Crippen LogP contribution in [0.5, 0.6) is 23.0 Å². The average molecular weight is 602 g/mol. The number of carbonyl (C=O) groups is 1. The quantitative estimate of drug-likeness (QED) is 0.184. The lowest BCUT2D eigenvalue weighted by Gasteiger charge is -2.16. The third kappa shape index (κ3) is 7.18. The monoisotopic (exact) mass is 600 g/mol. The van der Waals surface area contributed by atoms with Gasteiger partial charge in [-0.05, 0) is 92.2 Å². The Morgan fingerprint density at radius 1 is 0.900 bits per heavy atom. The zero-order valence-corrected chi connectivity index (χ0v) is 24.8. The van der Waals surface area contributed by atoms with E-state index in [0.29, 0.717) is 70.0 Å². The summed E-state index contributed by atoms with van der Waals surface area (Å²) in [6, 6.07) is 16.4. The molecule has 0 aliphatic carbocycles. The van der Waals surface area contributed by atoms with E-state index in [2.05, 4.69) is 5.32 Å². The molecule has 0 radical (unpaired) electrons. The Kier molecular flexibility index (Phi) is 10.1. The van der Waals surface area contributed by atoms with E-state index in [1.165, 1.54) is 0 Å². The van der Waals surface area contributed by atoms with E-state index in [4.69, 9.17) is 54.4 Å². The Morgan fingerprint density at radius 3 is 2.35 bits per heavy atom. The summed E-state index contributed by atoms with van der Waals surface area (Å²) >= 11 is 17.7. The van der Waals surface area contributed by atoms with Crippen LogP contribution in [0.4, 0.5) is 0 Å². The molecule has 3 aromatic rings. The zero-order chi connectivity index (χ0) is 28.6. The fourth-order valence-electron chi connectivity index (χ4n) is 4.18. The van der Waals surface area contributed by atoms with Crippen molar-refractivity contribution in [2.45, 2.75) is 26.9 Å². The maximum Gasteiger partial charge on any atom is 0.276 e. The Labute approximate surface area is 249 Å². The van der Waals surface area contributed by atoms with Gasteiger partial charge in [0.25, 0.3) is 5.91 Å². The molecule has 0 unspecified atom stereocenters. The van der Waals surface area contributed by atoms with Crippen LogP contribution in [0.3, 0.4) is 0 Å². The van der Waals surface area contributed by atoms with Crippen LogP contribution in [0.1, 0.15) is 30.5 Å². The van der Waals surface area contributed by atoms with E-state index in [1.54, 1.807) is 36.3 Å². The number of carbonyl (C=O) groups excluding carboxylic acids is 1. The topological polar surface area (TPSA) is 69.3 Å². The first kappa shape index (κ1) is 29.5. The smallest absolute Gasteiger partial charge is 0.276 e. The molecular weight excluding hydrogens is 571 g/mol. The first-order chi connectivity index (χ1) is 19.3. The van der Waals surface area contributed by atoms with Crippen LogP contribution in [0.25, 0.3) is 6.08 Å². The number of halogens is 2. The molecule has 4 rings (SSSR count). The van der Waals surface area contributed by atoms with Gasteiger partial charge in [0.2, 0.25) is 0 Å². The maximum atomic E-state index is 13.2. The molecule has 7 nitrogen and oxygen atoms in total. The van der Waals surface area contributed by atoms with Crippen molar-refractivity contribution in [1.82, 2.24) is 10.2 Å². The summed E-state index contributed by atoms with van der Waals surface area (Å²) in [4.78, 5) is 14.8. The van der Waals surface area contributed by atoms with Crippen LogP contribution in [0, 0.1) is 0 Å². The summed E-state index contributed by atoms with van der Waals surface area (Å²) in [7, 11) is 1.59. The highest BCUT2D eigenvalue weighted by molar-refractivity contribution is 7.80. The van der Waals surface area contributed by atoms with E-state index in [1.807, 2.05) is 50.2 Å². The zero-order valence-electron chi connectivity index (χ0n) is 22.5. The van der Waals surface area contributed by atoms with E-state index in [0.717, 1.165) is 16.7 Å². The number of rotatable bonds is 12. The van der Waals surface area contributed by atoms with Gasteiger partial charge in [-0.25, -0.2) is 0 Å². The van der Waals surface area contributed by atoms with Gasteiger partial charge in [-0.1, -0.05) is 35.3 Å². The van der Waals surface area contributed by atoms with Gasteiger partial charge in [0.1, 0.15) is 23.8 Å². The highest BCUT2D eigenvalue weighted by Gasteiger charge is 2.30. The molecule has 1 aliphatic rings. The number of methoxy groups -OCH3 is 1. The second-order valence-corrected chi connectivity index (χ2v) is 10.0. The summed E-state index contributed by atoms with van der Waals surface area (Å²) in [6.45, 7) is 5.57. The standard InChI is InChI=1S/C30H30Cl2N2O5S/c1-4-37-27-10-6-19(16-28(27)38-5-2)12-13-34-29(35)24(33-30(34)40)15-20-7-9-25(36-3)21(14-20)18-39-26-11-8-22(31)17-23(26)32/h6-11,14-17H,4-5,12-13,18H2,1-3H3,(H,33,40)/b24-15+. The molecule has 1 amide bonds. The number of thiocarbonyl (C=S) groups is 1. The molecule has 0 aromatic heterocycles. The highest BCUT2D eigenvalue weighted by Crippen LogP contribution is 2.31. The number of hydrogen-bond acceptors (Lipinski definition) is 6. The van der Waals surface area contributed by atoms with Crippen molar-refractivity contribution in [3.63, 3.8) is 0 Å². The van der Waals surface area contributed by atoms with Crippen LogP contribution < -0.4 is 24.3 Å². The van der Waals surface area contributed by atoms with Crippen molar-refractivity contribution in [2.24, 2.45) is 0 Å². The first-order valence-corrected chi connectivity index (χ1v) is 14.0. The summed E-state index contributed by atoms with van der Waals surface area (Å²) < 4.78 is 22.8. The van der Waals surface area contributed by atoms with E-state index in [9.17, 15) is 4.79 Å². The molecule has 0 saturated carbocycles. The first-order valence-electron chi connectivity index (χ1n) is 12.8. The summed E-state index contributed by atoms with van der Waals surface area (Å²) in [5, 5.41) is 4.35. The van der Waals surface area contributed by atoms with E-state index < -0.39 is 0 Å². The molecule has 10 heteroatoms. The van der Waals surface area contributed by atoms with Crippen LogP contribution in [0.2, 0.25) is 10.0 Å². The fraction of sp³-hybridized carbons (Fsp3) is 0.267. The molecule has 1 N–H and O–H groups in total. The molecule has 0 spiro atoms. The van der Waals surface area contributed by atoms with Crippen molar-refractivity contribution in [1.29, 1.82) is 0 Å². The minimum atomic E-state index is -0.192. The summed E-state index contributed by atoms with van der Waals surface area (Å²) in [5.41, 5.74) is 2.98. The minimum absolute atomic E-state index is 0.192. The van der Waals surface area contributed by atoms with Crippen LogP contribution in [0.15, 0.2) is 60.3 Å². The van der Waals surface area contributed by atoms with Gasteiger partial charge in [-0.3, -0.25) is 9.69 Å². The normalized spacial score (nSPS) is 13.9. The van der Waals surface area contributed by atoms with Gasteiger partial charge >= 0.3 is 0 Å². The molecule has 0 bridgehead atoms. The Morgan fingerprint density at radius 2 is 1.62 bits per heavy atom. The lowest BCUT2D eigenvalue weighted by atomic mass is 10.1. The molecule has 1 heterocycles. The second kappa shape index (κ2) is 13.7. The molecule has 1 saturated heterocycles. The largest absolute Gasteiger partial charge is 0.496 e. The molecule has 0 atom stereocenters. The fourth-order valence-corrected chi connectivity index (χ4v) is 4.93. The third-order valence-corrected chi connectivity index (χ3v) is 6.94. The average Bonchev–Trinajstić information content (AvgIpc) is 3.20. The van der Waals surface area contributed by atoms with Crippen molar-refractivity contribution < 1.29 is 23.7 Å². The van der Waals surface area contributed by atoms with E-state index >= 15 is 0 Å². The minimum Gasteiger partial charge on any atom is -0.496 e. The number of nitrogens with zero attached hydrogens (tertiary/aromatic N) is 1.